The van der Waals surface area contributed by atoms with E-state index in [9.17, 15) is 14.3 Å². The first-order chi connectivity index (χ1) is 12.9. The van der Waals surface area contributed by atoms with Gasteiger partial charge in [0.15, 0.2) is 5.65 Å². The van der Waals surface area contributed by atoms with Gasteiger partial charge in [0.1, 0.15) is 25.3 Å². The van der Waals surface area contributed by atoms with Crippen LogP contribution in [0, 0.1) is 5.82 Å². The van der Waals surface area contributed by atoms with Crippen molar-refractivity contribution >= 4 is 47.8 Å². The second-order valence-corrected chi connectivity index (χ2v) is 6.22. The molecule has 1 unspecified atom stereocenters. The Balaban J connectivity index is 2.00. The minimum Gasteiger partial charge on any atom is -0.391 e. The summed E-state index contributed by atoms with van der Waals surface area (Å²) in [5.41, 5.74) is 3.19. The number of hydrogen-bond acceptors (Lipinski definition) is 5. The van der Waals surface area contributed by atoms with Gasteiger partial charge in [0.2, 0.25) is 0 Å². The summed E-state index contributed by atoms with van der Waals surface area (Å²) in [5.74, 6) is -1.24. The van der Waals surface area contributed by atoms with Gasteiger partial charge in [-0.1, -0.05) is 23.1 Å². The van der Waals surface area contributed by atoms with Crippen molar-refractivity contribution in [2.75, 3.05) is 11.9 Å². The third-order valence-electron chi connectivity index (χ3n) is 3.61. The van der Waals surface area contributed by atoms with Gasteiger partial charge in [-0.2, -0.15) is 0 Å². The van der Waals surface area contributed by atoms with E-state index in [2.05, 4.69) is 15.8 Å². The van der Waals surface area contributed by atoms with Crippen LogP contribution in [0.4, 0.5) is 15.8 Å². The third-order valence-corrected chi connectivity index (χ3v) is 3.97. The number of halogens is 2. The molecule has 0 fully saturated rings. The molecule has 1 aromatic carbocycles. The maximum Gasteiger partial charge on any atom is 0.278 e. The van der Waals surface area contributed by atoms with Crippen molar-refractivity contribution in [1.29, 1.82) is 0 Å². The lowest BCUT2D eigenvalue weighted by molar-refractivity contribution is -0.00684. The molecule has 0 bridgehead atoms. The highest BCUT2D eigenvalue weighted by atomic mass is 35.5. The summed E-state index contributed by atoms with van der Waals surface area (Å²) in [4.78, 5) is 21.6. The van der Waals surface area contributed by atoms with Crippen LogP contribution in [-0.4, -0.2) is 41.0 Å². The van der Waals surface area contributed by atoms with Gasteiger partial charge in [-0.15, -0.1) is 0 Å². The number of benzene rings is 1. The van der Waals surface area contributed by atoms with Crippen LogP contribution < -0.4 is 16.3 Å². The molecule has 3 aromatic rings. The van der Waals surface area contributed by atoms with Crippen molar-refractivity contribution in [3.05, 3.63) is 53.2 Å². The summed E-state index contributed by atoms with van der Waals surface area (Å²) in [6, 6.07) is 4.09. The number of rotatable bonds is 6. The molecule has 2 radical (unpaired) electrons. The SMILES string of the molecule is [B]c1ccc(Nc2c(C(=O)NOCC(C)O)cn3ccnc3c2Cl)c(F)c1. The summed E-state index contributed by atoms with van der Waals surface area (Å²) >= 11 is 6.40. The maximum atomic E-state index is 14.2. The third kappa shape index (κ3) is 4.21. The first-order valence-electron chi connectivity index (χ1n) is 7.94. The number of carbonyl (C=O) groups is 1. The quantitative estimate of drug-likeness (QED) is 0.442. The van der Waals surface area contributed by atoms with Gasteiger partial charge in [0.25, 0.3) is 5.91 Å². The molecule has 1 amide bonds. The fourth-order valence-electron chi connectivity index (χ4n) is 2.37. The molecule has 10 heteroatoms. The number of nitrogens with zero attached hydrogens (tertiary/aromatic N) is 2. The number of fused-ring (bicyclic) bond motifs is 1. The van der Waals surface area contributed by atoms with E-state index in [0.29, 0.717) is 5.65 Å². The Bertz CT molecular complexity index is 996. The number of amides is 1. The normalized spacial score (nSPS) is 12.1. The maximum absolute atomic E-state index is 14.2. The van der Waals surface area contributed by atoms with E-state index in [4.69, 9.17) is 24.3 Å². The lowest BCUT2D eigenvalue weighted by Gasteiger charge is -2.16. The molecule has 1 atom stereocenters. The molecule has 2 aromatic heterocycles. The molecule has 0 saturated carbocycles. The van der Waals surface area contributed by atoms with Gasteiger partial charge < -0.3 is 14.8 Å². The van der Waals surface area contributed by atoms with Crippen molar-refractivity contribution in [2.45, 2.75) is 13.0 Å². The standard InChI is InChI=1S/C17H15BClFN4O3/c1-9(25)8-27-23-17(26)11-7-24-5-4-21-16(24)14(19)15(11)22-13-3-2-10(18)6-12(13)20/h2-7,9,22,25H,8H2,1H3,(H,23,26). The van der Waals surface area contributed by atoms with Crippen molar-refractivity contribution in [2.24, 2.45) is 0 Å². The molecule has 3 N–H and O–H groups in total. The summed E-state index contributed by atoms with van der Waals surface area (Å²) < 4.78 is 15.7. The summed E-state index contributed by atoms with van der Waals surface area (Å²) in [6.45, 7) is 1.42. The van der Waals surface area contributed by atoms with E-state index in [1.165, 1.54) is 31.5 Å². The molecule has 27 heavy (non-hydrogen) atoms. The van der Waals surface area contributed by atoms with Crippen molar-refractivity contribution < 1.29 is 19.1 Å². The number of aliphatic hydroxyl groups is 1. The van der Waals surface area contributed by atoms with Crippen LogP contribution in [0.1, 0.15) is 17.3 Å². The van der Waals surface area contributed by atoms with Crippen LogP contribution in [0.5, 0.6) is 0 Å². The smallest absolute Gasteiger partial charge is 0.278 e. The largest absolute Gasteiger partial charge is 0.391 e. The monoisotopic (exact) mass is 388 g/mol. The van der Waals surface area contributed by atoms with Crippen LogP contribution >= 0.6 is 11.6 Å². The first-order valence-corrected chi connectivity index (χ1v) is 8.32. The van der Waals surface area contributed by atoms with Crippen LogP contribution in [0.15, 0.2) is 36.8 Å². The van der Waals surface area contributed by atoms with Crippen molar-refractivity contribution in [1.82, 2.24) is 14.9 Å². The van der Waals surface area contributed by atoms with E-state index in [-0.39, 0.29) is 34.0 Å². The van der Waals surface area contributed by atoms with Gasteiger partial charge in [-0.25, -0.2) is 14.9 Å². The molecule has 138 valence electrons. The Labute approximate surface area is 160 Å². The summed E-state index contributed by atoms with van der Waals surface area (Å²) in [6.07, 6.45) is 3.85. The zero-order valence-electron chi connectivity index (χ0n) is 14.2. The number of aromatic nitrogens is 2. The zero-order valence-corrected chi connectivity index (χ0v) is 15.0. The minimum absolute atomic E-state index is 0.0842. The minimum atomic E-state index is -0.758. The molecule has 3 rings (SSSR count). The van der Waals surface area contributed by atoms with E-state index >= 15 is 0 Å². The number of hydroxylamine groups is 1. The van der Waals surface area contributed by atoms with E-state index in [1.807, 2.05) is 0 Å². The predicted molar refractivity (Wildman–Crippen MR) is 100 cm³/mol. The van der Waals surface area contributed by atoms with E-state index < -0.39 is 17.8 Å². The Kier molecular flexibility index (Phi) is 5.64. The average molecular weight is 389 g/mol. The number of pyridine rings is 1. The fourth-order valence-corrected chi connectivity index (χ4v) is 2.66. The Hall–Kier alpha value is -2.62. The van der Waals surface area contributed by atoms with Gasteiger partial charge >= 0.3 is 0 Å². The second kappa shape index (κ2) is 7.95. The van der Waals surface area contributed by atoms with Gasteiger partial charge in [-0.3, -0.25) is 9.63 Å². The lowest BCUT2D eigenvalue weighted by Crippen LogP contribution is -2.28. The molecule has 0 aliphatic rings. The lowest BCUT2D eigenvalue weighted by atomic mass is 9.96. The van der Waals surface area contributed by atoms with E-state index in [0.717, 1.165) is 6.07 Å². The summed E-state index contributed by atoms with van der Waals surface area (Å²) in [7, 11) is 5.56. The Morgan fingerprint density at radius 3 is 3.00 bits per heavy atom. The topological polar surface area (TPSA) is 87.9 Å². The highest BCUT2D eigenvalue weighted by Crippen LogP contribution is 2.33. The average Bonchev–Trinajstić information content (AvgIpc) is 3.07. The van der Waals surface area contributed by atoms with Crippen LogP contribution in [0.2, 0.25) is 5.02 Å². The highest BCUT2D eigenvalue weighted by molar-refractivity contribution is 6.37. The van der Waals surface area contributed by atoms with Gasteiger partial charge in [0.05, 0.1) is 23.0 Å². The van der Waals surface area contributed by atoms with Crippen LogP contribution in [0.3, 0.4) is 0 Å². The highest BCUT2D eigenvalue weighted by Gasteiger charge is 2.20. The number of nitrogens with one attached hydrogen (secondary N) is 2. The fraction of sp³-hybridized carbons (Fsp3) is 0.176. The van der Waals surface area contributed by atoms with Gasteiger partial charge in [-0.05, 0) is 19.1 Å². The number of carbonyl (C=O) groups excluding carboxylic acids is 1. The second-order valence-electron chi connectivity index (χ2n) is 5.85. The summed E-state index contributed by atoms with van der Waals surface area (Å²) in [5, 5.41) is 12.2. The number of aliphatic hydroxyl groups excluding tert-OH is 1. The van der Waals surface area contributed by atoms with Crippen LogP contribution in [0.25, 0.3) is 5.65 Å². The molecular formula is C17H15BClFN4O3. The van der Waals surface area contributed by atoms with Crippen molar-refractivity contribution in [3.63, 3.8) is 0 Å². The predicted octanol–water partition coefficient (Wildman–Crippen LogP) is 1.71. The zero-order chi connectivity index (χ0) is 19.6. The molecule has 0 aliphatic carbocycles. The molecule has 7 nitrogen and oxygen atoms in total. The van der Waals surface area contributed by atoms with Crippen LogP contribution in [-0.2, 0) is 4.84 Å². The Morgan fingerprint density at radius 1 is 1.52 bits per heavy atom. The number of imidazole rings is 1. The number of anilines is 2. The first kappa shape index (κ1) is 19.2. The molecule has 0 spiro atoms. The molecule has 2 heterocycles. The molecule has 0 aliphatic heterocycles. The van der Waals surface area contributed by atoms with Crippen molar-refractivity contribution in [3.8, 4) is 0 Å². The van der Waals surface area contributed by atoms with Gasteiger partial charge in [0, 0.05) is 18.6 Å². The molecule has 0 saturated heterocycles. The number of hydrogen-bond donors (Lipinski definition) is 3. The van der Waals surface area contributed by atoms with E-state index in [1.54, 1.807) is 10.6 Å². The molecular weight excluding hydrogens is 373 g/mol. The Morgan fingerprint density at radius 2 is 2.30 bits per heavy atom.